The van der Waals surface area contributed by atoms with Crippen LogP contribution < -0.4 is 5.30 Å². The van der Waals surface area contributed by atoms with Crippen molar-refractivity contribution in [2.75, 3.05) is 13.1 Å². The van der Waals surface area contributed by atoms with Crippen LogP contribution in [0.1, 0.15) is 45.0 Å². The molecule has 0 aliphatic carbocycles. The van der Waals surface area contributed by atoms with Gasteiger partial charge in [-0.3, -0.25) is 14.8 Å². The maximum absolute atomic E-state index is 11.2. The quantitative estimate of drug-likeness (QED) is 0.219. The number of rotatable bonds is 5. The lowest BCUT2D eigenvalue weighted by Crippen LogP contribution is -2.36. The molecule has 1 unspecified atom stereocenters. The Morgan fingerprint density at radius 3 is 2.12 bits per heavy atom. The van der Waals surface area contributed by atoms with Crippen molar-refractivity contribution in [2.24, 2.45) is 4.74 Å². The Morgan fingerprint density at radius 2 is 1.59 bits per heavy atom. The van der Waals surface area contributed by atoms with Crippen LogP contribution in [0.4, 0.5) is 11.4 Å². The predicted molar refractivity (Wildman–Crippen MR) is 143 cm³/mol. The fourth-order valence-electron chi connectivity index (χ4n) is 4.87. The zero-order chi connectivity index (χ0) is 23.8. The van der Waals surface area contributed by atoms with E-state index >= 15 is 0 Å². The monoisotopic (exact) mass is 501 g/mol. The molecule has 182 valence electrons. The zero-order valence-electron chi connectivity index (χ0n) is 20.4. The van der Waals surface area contributed by atoms with Crippen LogP contribution in [0, 0.1) is 24.0 Å². The molecule has 1 atom stereocenters. The Labute approximate surface area is 207 Å². The summed E-state index contributed by atoms with van der Waals surface area (Å²) in [4.78, 5) is 10.8. The number of non-ortho nitro benzene ring substituents is 1. The van der Waals surface area contributed by atoms with Crippen molar-refractivity contribution in [3.05, 3.63) is 76.1 Å². The van der Waals surface area contributed by atoms with E-state index in [1.165, 1.54) is 5.30 Å². The molecule has 0 spiro atoms. The van der Waals surface area contributed by atoms with Crippen molar-refractivity contribution in [1.29, 1.82) is 0 Å². The molecule has 1 aliphatic heterocycles. The second-order valence-electron chi connectivity index (χ2n) is 9.57. The van der Waals surface area contributed by atoms with E-state index in [1.54, 1.807) is 24.3 Å². The van der Waals surface area contributed by atoms with E-state index in [2.05, 4.69) is 51.4 Å². The molecule has 3 aromatic rings. The third kappa shape index (κ3) is 4.57. The first kappa shape index (κ1) is 26.1. The highest BCUT2D eigenvalue weighted by atomic mass is 35.5. The van der Waals surface area contributed by atoms with Crippen molar-refractivity contribution >= 4 is 36.3 Å². The van der Waals surface area contributed by atoms with Gasteiger partial charge in [-0.05, 0) is 51.0 Å². The maximum atomic E-state index is 11.2. The minimum absolute atomic E-state index is 0. The Kier molecular flexibility index (Phi) is 7.71. The van der Waals surface area contributed by atoms with E-state index in [4.69, 9.17) is 9.84 Å². The largest absolute Gasteiger partial charge is 0.269 e. The lowest BCUT2D eigenvalue weighted by molar-refractivity contribution is -0.384. The lowest BCUT2D eigenvalue weighted by atomic mass is 10.3. The Bertz CT molecular complexity index is 1210. The fourth-order valence-corrected chi connectivity index (χ4v) is 9.57. The lowest BCUT2D eigenvalue weighted by Gasteiger charge is -2.44. The molecule has 1 aliphatic rings. The van der Waals surface area contributed by atoms with Crippen LogP contribution in [0.25, 0.3) is 5.69 Å². The molecule has 1 aromatic heterocycles. The topological polar surface area (TPSA) is 76.6 Å². The summed E-state index contributed by atoms with van der Waals surface area (Å²) >= 11 is 0. The van der Waals surface area contributed by atoms with Crippen molar-refractivity contribution in [1.82, 2.24) is 14.5 Å². The number of halogens is 1. The standard InChI is InChI=1S/C25H32N5O2P.ClH/c1-19-24(20(2)29(26-19)22-11-7-6-8-12-22)33(25(3,4)5,28-17-9-10-18-28)27-21-13-15-23(16-14-21)30(31)32;/h6-8,11-16H,9-10,17-18H2,1-5H3;1H. The van der Waals surface area contributed by atoms with Gasteiger partial charge in [0.25, 0.3) is 5.69 Å². The van der Waals surface area contributed by atoms with Crippen LogP contribution >= 0.6 is 19.6 Å². The van der Waals surface area contributed by atoms with Gasteiger partial charge in [-0.25, -0.2) is 9.43 Å². The molecule has 0 saturated carbocycles. The normalized spacial score (nSPS) is 16.0. The highest BCUT2D eigenvalue weighted by molar-refractivity contribution is 7.73. The third-order valence-corrected chi connectivity index (χ3v) is 11.2. The summed E-state index contributed by atoms with van der Waals surface area (Å²) in [7, 11) is -2.31. The summed E-state index contributed by atoms with van der Waals surface area (Å²) in [6, 6.07) is 16.9. The van der Waals surface area contributed by atoms with Crippen LogP contribution in [0.15, 0.2) is 59.3 Å². The highest BCUT2D eigenvalue weighted by Gasteiger charge is 2.45. The molecule has 34 heavy (non-hydrogen) atoms. The summed E-state index contributed by atoms with van der Waals surface area (Å²) in [6.07, 6.45) is 2.30. The van der Waals surface area contributed by atoms with E-state index in [0.717, 1.165) is 48.7 Å². The number of hydrogen-bond donors (Lipinski definition) is 0. The molecule has 9 heteroatoms. The molecule has 0 N–H and O–H groups in total. The number of aromatic nitrogens is 2. The molecular formula is C25H33ClN5O2P. The number of benzene rings is 2. The summed E-state index contributed by atoms with van der Waals surface area (Å²) < 4.78 is 10.1. The molecule has 0 radical (unpaired) electrons. The first-order valence-electron chi connectivity index (χ1n) is 11.4. The van der Waals surface area contributed by atoms with Crippen LogP contribution in [-0.4, -0.2) is 37.6 Å². The van der Waals surface area contributed by atoms with Gasteiger partial charge >= 0.3 is 0 Å². The summed E-state index contributed by atoms with van der Waals surface area (Å²) in [5.74, 6) is 0. The number of hydrogen-bond acceptors (Lipinski definition) is 4. The fraction of sp³-hybridized carbons (Fsp3) is 0.400. The minimum Gasteiger partial charge on any atom is -0.265 e. The van der Waals surface area contributed by atoms with Crippen LogP contribution in [0.3, 0.4) is 0 Å². The van der Waals surface area contributed by atoms with Gasteiger partial charge in [0, 0.05) is 30.4 Å². The van der Waals surface area contributed by atoms with Gasteiger partial charge < -0.3 is 0 Å². The van der Waals surface area contributed by atoms with Crippen molar-refractivity contribution < 1.29 is 4.92 Å². The van der Waals surface area contributed by atoms with Crippen LogP contribution in [0.5, 0.6) is 0 Å². The number of nitro groups is 1. The van der Waals surface area contributed by atoms with Crippen molar-refractivity contribution in [2.45, 2.75) is 52.6 Å². The predicted octanol–water partition coefficient (Wildman–Crippen LogP) is 6.79. The van der Waals surface area contributed by atoms with Gasteiger partial charge in [0.15, 0.2) is 0 Å². The van der Waals surface area contributed by atoms with Gasteiger partial charge in [0.05, 0.1) is 40.2 Å². The summed E-state index contributed by atoms with van der Waals surface area (Å²) in [5.41, 5.74) is 4.01. The minimum atomic E-state index is -2.31. The van der Waals surface area contributed by atoms with Crippen molar-refractivity contribution in [3.63, 3.8) is 0 Å². The van der Waals surface area contributed by atoms with Crippen molar-refractivity contribution in [3.8, 4) is 5.69 Å². The summed E-state index contributed by atoms with van der Waals surface area (Å²) in [6.45, 7) is 13.0. The Balaban J connectivity index is 0.00000324. The highest BCUT2D eigenvalue weighted by Crippen LogP contribution is 2.65. The van der Waals surface area contributed by atoms with Gasteiger partial charge in [0.1, 0.15) is 0 Å². The number of para-hydroxylation sites is 1. The van der Waals surface area contributed by atoms with Gasteiger partial charge in [-0.2, -0.15) is 5.10 Å². The molecular weight excluding hydrogens is 469 g/mol. The number of nitrogens with zero attached hydrogens (tertiary/aromatic N) is 5. The van der Waals surface area contributed by atoms with E-state index in [-0.39, 0.29) is 28.2 Å². The van der Waals surface area contributed by atoms with E-state index in [0.29, 0.717) is 0 Å². The molecule has 4 rings (SSSR count). The van der Waals surface area contributed by atoms with Gasteiger partial charge in [-0.1, -0.05) is 39.0 Å². The van der Waals surface area contributed by atoms with Crippen LogP contribution in [0.2, 0.25) is 0 Å². The SMILES string of the molecule is Cc1nn(-c2ccccc2)c(C)c1P(=Nc1ccc([N+](=O)[O-])cc1)(N1CCCC1)C(C)(C)C.Cl. The molecule has 1 saturated heterocycles. The first-order valence-corrected chi connectivity index (χ1v) is 13.1. The molecule has 0 amide bonds. The number of nitro benzene ring substituents is 1. The zero-order valence-corrected chi connectivity index (χ0v) is 22.1. The number of aryl methyl sites for hydroxylation is 1. The molecule has 2 aromatic carbocycles. The van der Waals surface area contributed by atoms with E-state index in [9.17, 15) is 10.1 Å². The average molecular weight is 502 g/mol. The molecule has 0 bridgehead atoms. The van der Waals surface area contributed by atoms with Gasteiger partial charge in [-0.15, -0.1) is 12.4 Å². The Morgan fingerprint density at radius 1 is 1.00 bits per heavy atom. The van der Waals surface area contributed by atoms with E-state index < -0.39 is 7.21 Å². The maximum Gasteiger partial charge on any atom is 0.269 e. The first-order chi connectivity index (χ1) is 15.6. The second-order valence-corrected chi connectivity index (χ2v) is 13.3. The average Bonchev–Trinajstić information content (AvgIpc) is 3.41. The second kappa shape index (κ2) is 10.0. The third-order valence-electron chi connectivity index (χ3n) is 6.31. The molecule has 1 fully saturated rings. The summed E-state index contributed by atoms with van der Waals surface area (Å²) in [5, 5.41) is 17.2. The van der Waals surface area contributed by atoms with E-state index in [1.807, 2.05) is 22.9 Å². The molecule has 2 heterocycles. The Hall–Kier alpha value is -2.47. The smallest absolute Gasteiger partial charge is 0.265 e. The van der Waals surface area contributed by atoms with Gasteiger partial charge in [0.2, 0.25) is 0 Å². The van der Waals surface area contributed by atoms with Crippen LogP contribution in [-0.2, 0) is 0 Å². The molecule has 7 nitrogen and oxygen atoms in total.